The van der Waals surface area contributed by atoms with Crippen LogP contribution in [0.15, 0.2) is 18.2 Å². The molecule has 15 heavy (non-hydrogen) atoms. The van der Waals surface area contributed by atoms with Crippen molar-refractivity contribution in [1.29, 1.82) is 0 Å². The minimum Gasteiger partial charge on any atom is -0.399 e. The first-order valence-electron chi connectivity index (χ1n) is 4.47. The number of thioether (sulfide) groups is 1. The van der Waals surface area contributed by atoms with Crippen LogP contribution in [-0.2, 0) is 4.79 Å². The van der Waals surface area contributed by atoms with Crippen LogP contribution in [0.5, 0.6) is 0 Å². The van der Waals surface area contributed by atoms with Gasteiger partial charge in [-0.3, -0.25) is 4.79 Å². The maximum absolute atomic E-state index is 13.2. The molecule has 82 valence electrons. The first-order valence-corrected chi connectivity index (χ1v) is 5.86. The number of benzene rings is 1. The van der Waals surface area contributed by atoms with Gasteiger partial charge in [-0.1, -0.05) is 0 Å². The monoisotopic (exact) mass is 228 g/mol. The van der Waals surface area contributed by atoms with E-state index < -0.39 is 5.82 Å². The number of halogens is 1. The fraction of sp³-hybridized carbons (Fsp3) is 0.300. The van der Waals surface area contributed by atoms with E-state index in [9.17, 15) is 9.18 Å². The van der Waals surface area contributed by atoms with Crippen LogP contribution in [-0.4, -0.2) is 17.9 Å². The van der Waals surface area contributed by atoms with Gasteiger partial charge in [-0.15, -0.1) is 0 Å². The SMILES string of the molecule is CSCCC(=O)Nc1cc(N)ccc1F. The van der Waals surface area contributed by atoms with E-state index in [1.165, 1.54) is 18.2 Å². The number of nitrogen functional groups attached to an aromatic ring is 1. The van der Waals surface area contributed by atoms with Crippen LogP contribution in [0.3, 0.4) is 0 Å². The molecule has 0 saturated heterocycles. The van der Waals surface area contributed by atoms with Crippen molar-refractivity contribution in [2.24, 2.45) is 0 Å². The van der Waals surface area contributed by atoms with Gasteiger partial charge in [-0.25, -0.2) is 4.39 Å². The van der Waals surface area contributed by atoms with Gasteiger partial charge in [0.15, 0.2) is 0 Å². The number of anilines is 2. The van der Waals surface area contributed by atoms with Gasteiger partial charge in [-0.2, -0.15) is 11.8 Å². The lowest BCUT2D eigenvalue weighted by atomic mass is 10.2. The Bertz CT molecular complexity index is 357. The van der Waals surface area contributed by atoms with E-state index in [0.717, 1.165) is 5.75 Å². The second-order valence-corrected chi connectivity index (χ2v) is 4.02. The molecule has 0 aliphatic carbocycles. The molecule has 0 aromatic heterocycles. The summed E-state index contributed by atoms with van der Waals surface area (Å²) in [4.78, 5) is 11.3. The van der Waals surface area contributed by atoms with Gasteiger partial charge in [0.2, 0.25) is 5.91 Å². The van der Waals surface area contributed by atoms with Crippen molar-refractivity contribution in [3.05, 3.63) is 24.0 Å². The van der Waals surface area contributed by atoms with E-state index in [-0.39, 0.29) is 11.6 Å². The number of nitrogens with two attached hydrogens (primary N) is 1. The molecule has 1 amide bonds. The van der Waals surface area contributed by atoms with Crippen molar-refractivity contribution in [2.45, 2.75) is 6.42 Å². The molecule has 0 fully saturated rings. The third kappa shape index (κ3) is 3.79. The van der Waals surface area contributed by atoms with Crippen molar-refractivity contribution < 1.29 is 9.18 Å². The first-order chi connectivity index (χ1) is 7.13. The predicted molar refractivity (Wildman–Crippen MR) is 62.4 cm³/mol. The number of amides is 1. The number of hydrogen-bond donors (Lipinski definition) is 2. The summed E-state index contributed by atoms with van der Waals surface area (Å²) in [6.07, 6.45) is 2.28. The molecular weight excluding hydrogens is 215 g/mol. The topological polar surface area (TPSA) is 55.1 Å². The Morgan fingerprint density at radius 2 is 2.33 bits per heavy atom. The lowest BCUT2D eigenvalue weighted by molar-refractivity contribution is -0.115. The summed E-state index contributed by atoms with van der Waals surface area (Å²) in [6, 6.07) is 4.10. The molecule has 1 aromatic carbocycles. The zero-order chi connectivity index (χ0) is 11.3. The molecule has 0 heterocycles. The fourth-order valence-electron chi connectivity index (χ4n) is 1.05. The highest BCUT2D eigenvalue weighted by molar-refractivity contribution is 7.98. The van der Waals surface area contributed by atoms with Crippen LogP contribution >= 0.6 is 11.8 Å². The van der Waals surface area contributed by atoms with Crippen LogP contribution in [0.2, 0.25) is 0 Å². The molecule has 0 radical (unpaired) electrons. The zero-order valence-electron chi connectivity index (χ0n) is 8.42. The largest absolute Gasteiger partial charge is 0.399 e. The van der Waals surface area contributed by atoms with Crippen molar-refractivity contribution >= 4 is 29.0 Å². The highest BCUT2D eigenvalue weighted by Gasteiger charge is 2.06. The van der Waals surface area contributed by atoms with Crippen LogP contribution in [0.25, 0.3) is 0 Å². The number of hydrogen-bond acceptors (Lipinski definition) is 3. The van der Waals surface area contributed by atoms with Gasteiger partial charge < -0.3 is 11.1 Å². The van der Waals surface area contributed by atoms with Crippen LogP contribution in [0.1, 0.15) is 6.42 Å². The van der Waals surface area contributed by atoms with Crippen molar-refractivity contribution in [3.8, 4) is 0 Å². The molecule has 3 N–H and O–H groups in total. The van der Waals surface area contributed by atoms with Gasteiger partial charge in [0.1, 0.15) is 5.82 Å². The maximum Gasteiger partial charge on any atom is 0.225 e. The Morgan fingerprint density at radius 1 is 1.60 bits per heavy atom. The van der Waals surface area contributed by atoms with E-state index in [1.54, 1.807) is 11.8 Å². The second-order valence-electron chi connectivity index (χ2n) is 3.03. The fourth-order valence-corrected chi connectivity index (χ4v) is 1.44. The molecule has 5 heteroatoms. The third-order valence-corrected chi connectivity index (χ3v) is 2.41. The standard InChI is InChI=1S/C10H13FN2OS/c1-15-5-4-10(14)13-9-6-7(12)2-3-8(9)11/h2-3,6H,4-5,12H2,1H3,(H,13,14). The van der Waals surface area contributed by atoms with Gasteiger partial charge in [0.05, 0.1) is 5.69 Å². The predicted octanol–water partition coefficient (Wildman–Crippen LogP) is 2.10. The van der Waals surface area contributed by atoms with Gasteiger partial charge in [0, 0.05) is 17.9 Å². The molecule has 1 aromatic rings. The molecule has 0 saturated carbocycles. The van der Waals surface area contributed by atoms with Gasteiger partial charge in [-0.05, 0) is 24.5 Å². The summed E-state index contributed by atoms with van der Waals surface area (Å²) >= 11 is 1.57. The summed E-state index contributed by atoms with van der Waals surface area (Å²) in [5.74, 6) is 0.0472. The summed E-state index contributed by atoms with van der Waals surface area (Å²) in [7, 11) is 0. The number of carbonyl (C=O) groups is 1. The average Bonchev–Trinajstić information content (AvgIpc) is 2.20. The molecule has 3 nitrogen and oxygen atoms in total. The lowest BCUT2D eigenvalue weighted by Crippen LogP contribution is -2.13. The van der Waals surface area contributed by atoms with E-state index in [4.69, 9.17) is 5.73 Å². The van der Waals surface area contributed by atoms with E-state index in [0.29, 0.717) is 12.1 Å². The molecule has 1 rings (SSSR count). The van der Waals surface area contributed by atoms with Crippen molar-refractivity contribution in [2.75, 3.05) is 23.1 Å². The molecule has 0 atom stereocenters. The smallest absolute Gasteiger partial charge is 0.225 e. The Kier molecular flexibility index (Phi) is 4.42. The highest BCUT2D eigenvalue weighted by atomic mass is 32.2. The first kappa shape index (κ1) is 11.8. The Balaban J connectivity index is 2.63. The number of rotatable bonds is 4. The molecule has 0 spiro atoms. The van der Waals surface area contributed by atoms with Crippen LogP contribution in [0.4, 0.5) is 15.8 Å². The normalized spacial score (nSPS) is 10.0. The third-order valence-electron chi connectivity index (χ3n) is 1.80. The highest BCUT2D eigenvalue weighted by Crippen LogP contribution is 2.17. The van der Waals surface area contributed by atoms with Crippen molar-refractivity contribution in [1.82, 2.24) is 0 Å². The Morgan fingerprint density at radius 3 is 3.00 bits per heavy atom. The summed E-state index contributed by atoms with van der Waals surface area (Å²) in [5, 5.41) is 2.48. The summed E-state index contributed by atoms with van der Waals surface area (Å²) < 4.78 is 13.2. The summed E-state index contributed by atoms with van der Waals surface area (Å²) in [5.41, 5.74) is 6.05. The maximum atomic E-state index is 13.2. The van der Waals surface area contributed by atoms with E-state index >= 15 is 0 Å². The van der Waals surface area contributed by atoms with E-state index in [1.807, 2.05) is 6.26 Å². The number of carbonyl (C=O) groups excluding carboxylic acids is 1. The summed E-state index contributed by atoms with van der Waals surface area (Å²) in [6.45, 7) is 0. The van der Waals surface area contributed by atoms with Crippen molar-refractivity contribution in [3.63, 3.8) is 0 Å². The molecule has 0 aliphatic rings. The second kappa shape index (κ2) is 5.60. The van der Waals surface area contributed by atoms with Crippen LogP contribution < -0.4 is 11.1 Å². The average molecular weight is 228 g/mol. The molecule has 0 bridgehead atoms. The van der Waals surface area contributed by atoms with E-state index in [2.05, 4.69) is 5.32 Å². The minimum absolute atomic E-state index is 0.140. The van der Waals surface area contributed by atoms with Gasteiger partial charge in [0.25, 0.3) is 0 Å². The van der Waals surface area contributed by atoms with Crippen LogP contribution in [0, 0.1) is 5.82 Å². The number of nitrogens with one attached hydrogen (secondary N) is 1. The van der Waals surface area contributed by atoms with Gasteiger partial charge >= 0.3 is 0 Å². The zero-order valence-corrected chi connectivity index (χ0v) is 9.23. The minimum atomic E-state index is -0.471. The molecule has 0 aliphatic heterocycles. The molecular formula is C10H13FN2OS. The Hall–Kier alpha value is -1.23. The molecule has 0 unspecified atom stereocenters. The lowest BCUT2D eigenvalue weighted by Gasteiger charge is -2.06. The quantitative estimate of drug-likeness (QED) is 0.776. The Labute approximate surface area is 92.2 Å².